The first-order chi connectivity index (χ1) is 16.3. The summed E-state index contributed by atoms with van der Waals surface area (Å²) in [6, 6.07) is 21.9. The second kappa shape index (κ2) is 12.2. The molecule has 0 saturated heterocycles. The summed E-state index contributed by atoms with van der Waals surface area (Å²) >= 11 is 0. The van der Waals surface area contributed by atoms with Crippen LogP contribution in [0.4, 0.5) is 4.79 Å². The van der Waals surface area contributed by atoms with Crippen molar-refractivity contribution in [3.63, 3.8) is 0 Å². The number of hydrogen-bond donors (Lipinski definition) is 5. The molecule has 0 spiro atoms. The van der Waals surface area contributed by atoms with Gasteiger partial charge in [0.2, 0.25) is 5.91 Å². The summed E-state index contributed by atoms with van der Waals surface area (Å²) in [7, 11) is -1.69. The number of carbonyl (C=O) groups is 2. The van der Waals surface area contributed by atoms with Gasteiger partial charge in [0, 0.05) is 13.0 Å². The van der Waals surface area contributed by atoms with E-state index < -0.39 is 31.0 Å². The van der Waals surface area contributed by atoms with Crippen molar-refractivity contribution in [2.24, 2.45) is 5.92 Å². The maximum atomic E-state index is 13.1. The number of benzene rings is 3. The van der Waals surface area contributed by atoms with Crippen LogP contribution in [0, 0.1) is 5.92 Å². The smallest absolute Gasteiger partial charge is 0.426 e. The molecule has 0 saturated carbocycles. The summed E-state index contributed by atoms with van der Waals surface area (Å²) in [5.74, 6) is -1.15. The molecule has 0 heterocycles. The highest BCUT2D eigenvalue weighted by Crippen LogP contribution is 2.18. The third-order valence-electron chi connectivity index (χ3n) is 5.64. The third-order valence-corrected chi connectivity index (χ3v) is 5.64. The summed E-state index contributed by atoms with van der Waals surface area (Å²) < 4.78 is 0. The first kappa shape index (κ1) is 25.3. The Morgan fingerprint density at radius 2 is 1.56 bits per heavy atom. The van der Waals surface area contributed by atoms with E-state index in [0.29, 0.717) is 13.0 Å². The van der Waals surface area contributed by atoms with Crippen molar-refractivity contribution in [1.82, 2.24) is 16.0 Å². The molecule has 34 heavy (non-hydrogen) atoms. The van der Waals surface area contributed by atoms with Gasteiger partial charge < -0.3 is 26.0 Å². The molecule has 2 atom stereocenters. The fraction of sp³-hybridized carbons (Fsp3) is 0.308. The van der Waals surface area contributed by atoms with Crippen molar-refractivity contribution in [3.8, 4) is 0 Å². The zero-order valence-electron chi connectivity index (χ0n) is 19.6. The maximum Gasteiger partial charge on any atom is 0.475 e. The van der Waals surface area contributed by atoms with Gasteiger partial charge in [0.05, 0.1) is 5.94 Å². The van der Waals surface area contributed by atoms with Gasteiger partial charge in [-0.15, -0.1) is 0 Å². The van der Waals surface area contributed by atoms with Gasteiger partial charge in [-0.1, -0.05) is 86.6 Å². The Morgan fingerprint density at radius 1 is 0.882 bits per heavy atom. The summed E-state index contributed by atoms with van der Waals surface area (Å²) in [6.07, 6.45) is 0.666. The zero-order chi connectivity index (χ0) is 24.5. The molecule has 178 valence electrons. The van der Waals surface area contributed by atoms with E-state index in [9.17, 15) is 19.6 Å². The van der Waals surface area contributed by atoms with Gasteiger partial charge in [-0.25, -0.2) is 4.79 Å². The topological polar surface area (TPSA) is 111 Å². The van der Waals surface area contributed by atoms with Crippen LogP contribution >= 0.6 is 0 Å². The second-order valence-electron chi connectivity index (χ2n) is 8.87. The Balaban J connectivity index is 1.69. The van der Waals surface area contributed by atoms with Crippen LogP contribution < -0.4 is 16.0 Å². The Labute approximate surface area is 200 Å². The highest BCUT2D eigenvalue weighted by Gasteiger charge is 2.30. The molecule has 3 aromatic carbocycles. The number of amides is 3. The molecule has 0 aliphatic carbocycles. The van der Waals surface area contributed by atoms with Crippen molar-refractivity contribution >= 4 is 29.8 Å². The van der Waals surface area contributed by atoms with E-state index in [1.165, 1.54) is 0 Å². The molecule has 8 heteroatoms. The van der Waals surface area contributed by atoms with E-state index in [2.05, 4.69) is 16.0 Å². The van der Waals surface area contributed by atoms with E-state index >= 15 is 0 Å². The Morgan fingerprint density at radius 3 is 2.26 bits per heavy atom. The fourth-order valence-corrected chi connectivity index (χ4v) is 3.94. The molecule has 0 aliphatic heterocycles. The van der Waals surface area contributed by atoms with Gasteiger partial charge >= 0.3 is 13.1 Å². The van der Waals surface area contributed by atoms with Crippen molar-refractivity contribution in [3.05, 3.63) is 83.9 Å². The standard InChI is InChI=1S/C26H32BN3O4/c1-18(2)15-24(27(33)34)30-25(31)23(16-19-9-4-3-5-10-19)29-26(32)28-17-21-13-8-12-20-11-6-7-14-22(20)21/h3-14,18,23-24,33-34H,15-17H2,1-2H3,(H,30,31)(H2,28,29,32)/t23-,24-/m0/s1. The highest BCUT2D eigenvalue weighted by molar-refractivity contribution is 6.43. The first-order valence-corrected chi connectivity index (χ1v) is 11.5. The lowest BCUT2D eigenvalue weighted by atomic mass is 9.75. The Kier molecular flexibility index (Phi) is 9.07. The molecule has 0 fully saturated rings. The lowest BCUT2D eigenvalue weighted by Crippen LogP contribution is -2.56. The molecule has 0 unspecified atom stereocenters. The average molecular weight is 461 g/mol. The minimum Gasteiger partial charge on any atom is -0.426 e. The van der Waals surface area contributed by atoms with Crippen LogP contribution in [0.15, 0.2) is 72.8 Å². The van der Waals surface area contributed by atoms with E-state index in [1.54, 1.807) is 0 Å². The predicted octanol–water partition coefficient (Wildman–Crippen LogP) is 2.79. The van der Waals surface area contributed by atoms with Gasteiger partial charge in [0.25, 0.3) is 0 Å². The molecule has 5 N–H and O–H groups in total. The lowest BCUT2D eigenvalue weighted by molar-refractivity contribution is -0.123. The average Bonchev–Trinajstić information content (AvgIpc) is 2.82. The third kappa shape index (κ3) is 7.33. The van der Waals surface area contributed by atoms with Crippen LogP contribution in [0.2, 0.25) is 0 Å². The zero-order valence-corrected chi connectivity index (χ0v) is 19.6. The van der Waals surface area contributed by atoms with Crippen molar-refractivity contribution in [2.75, 3.05) is 0 Å². The minimum absolute atomic E-state index is 0.150. The van der Waals surface area contributed by atoms with Gasteiger partial charge in [-0.3, -0.25) is 4.79 Å². The molecule has 0 aliphatic rings. The van der Waals surface area contributed by atoms with Gasteiger partial charge in [0.15, 0.2) is 0 Å². The number of fused-ring (bicyclic) bond motifs is 1. The fourth-order valence-electron chi connectivity index (χ4n) is 3.94. The van der Waals surface area contributed by atoms with E-state index in [0.717, 1.165) is 21.9 Å². The molecular formula is C26H32BN3O4. The van der Waals surface area contributed by atoms with Crippen LogP contribution in [0.5, 0.6) is 0 Å². The maximum absolute atomic E-state index is 13.1. The SMILES string of the molecule is CC(C)C[C@H](NC(=O)[C@H](Cc1ccccc1)NC(=O)NCc1cccc2ccccc12)B(O)O. The summed E-state index contributed by atoms with van der Waals surface area (Å²) in [4.78, 5) is 25.8. The number of rotatable bonds is 10. The second-order valence-corrected chi connectivity index (χ2v) is 8.87. The quantitative estimate of drug-likeness (QED) is 0.299. The first-order valence-electron chi connectivity index (χ1n) is 11.5. The van der Waals surface area contributed by atoms with Crippen LogP contribution in [-0.2, 0) is 17.8 Å². The number of hydrogen-bond acceptors (Lipinski definition) is 4. The van der Waals surface area contributed by atoms with Crippen molar-refractivity contribution < 1.29 is 19.6 Å². The van der Waals surface area contributed by atoms with Crippen LogP contribution in [0.25, 0.3) is 10.8 Å². The Hall–Kier alpha value is -3.36. The summed E-state index contributed by atoms with van der Waals surface area (Å²) in [5, 5.41) is 29.8. The summed E-state index contributed by atoms with van der Waals surface area (Å²) in [5.41, 5.74) is 1.85. The largest absolute Gasteiger partial charge is 0.475 e. The Bertz CT molecular complexity index is 1090. The summed E-state index contributed by atoms with van der Waals surface area (Å²) in [6.45, 7) is 4.17. The molecule has 0 radical (unpaired) electrons. The van der Waals surface area contributed by atoms with E-state index in [4.69, 9.17) is 0 Å². The molecule has 0 aromatic heterocycles. The molecular weight excluding hydrogens is 429 g/mol. The molecule has 7 nitrogen and oxygen atoms in total. The van der Waals surface area contributed by atoms with E-state index in [-0.39, 0.29) is 12.3 Å². The lowest BCUT2D eigenvalue weighted by Gasteiger charge is -2.24. The molecule has 0 bridgehead atoms. The predicted molar refractivity (Wildman–Crippen MR) is 135 cm³/mol. The van der Waals surface area contributed by atoms with Crippen LogP contribution in [0.3, 0.4) is 0 Å². The monoisotopic (exact) mass is 461 g/mol. The van der Waals surface area contributed by atoms with Gasteiger partial charge in [-0.05, 0) is 34.2 Å². The van der Waals surface area contributed by atoms with Crippen molar-refractivity contribution in [1.29, 1.82) is 0 Å². The molecule has 3 amide bonds. The van der Waals surface area contributed by atoms with Gasteiger partial charge in [0.1, 0.15) is 6.04 Å². The number of carbonyl (C=O) groups excluding carboxylic acids is 2. The molecule has 3 aromatic rings. The molecule has 3 rings (SSSR count). The minimum atomic E-state index is -1.69. The number of urea groups is 1. The highest BCUT2D eigenvalue weighted by atomic mass is 16.4. The normalized spacial score (nSPS) is 12.7. The van der Waals surface area contributed by atoms with E-state index in [1.807, 2.05) is 86.6 Å². The van der Waals surface area contributed by atoms with Crippen molar-refractivity contribution in [2.45, 2.75) is 45.2 Å². The van der Waals surface area contributed by atoms with Crippen LogP contribution in [-0.4, -0.2) is 41.1 Å². The number of nitrogens with one attached hydrogen (secondary N) is 3. The van der Waals surface area contributed by atoms with Gasteiger partial charge in [-0.2, -0.15) is 0 Å². The van der Waals surface area contributed by atoms with Crippen LogP contribution in [0.1, 0.15) is 31.4 Å².